The van der Waals surface area contributed by atoms with Gasteiger partial charge in [0.05, 0.1) is 17.7 Å². The predicted molar refractivity (Wildman–Crippen MR) is 248 cm³/mol. The van der Waals surface area contributed by atoms with Crippen LogP contribution in [-0.2, 0) is 16.1 Å². The van der Waals surface area contributed by atoms with E-state index in [4.69, 9.17) is 9.72 Å². The van der Waals surface area contributed by atoms with Crippen LogP contribution in [0.3, 0.4) is 0 Å². The van der Waals surface area contributed by atoms with Crippen LogP contribution in [0.2, 0.25) is 0 Å². The number of anilines is 1. The molecule has 65 heavy (non-hydrogen) atoms. The molecule has 2 saturated heterocycles. The minimum atomic E-state index is -1.01. The van der Waals surface area contributed by atoms with Crippen LogP contribution in [-0.4, -0.2) is 99.2 Å². The molecule has 0 aliphatic carbocycles. The van der Waals surface area contributed by atoms with Crippen molar-refractivity contribution in [2.24, 2.45) is 0 Å². The number of pyridine rings is 2. The van der Waals surface area contributed by atoms with Crippen LogP contribution in [0.5, 0.6) is 5.75 Å². The number of carbonyl (C=O) groups is 5. The number of piperazine rings is 1. The van der Waals surface area contributed by atoms with Crippen LogP contribution >= 0.6 is 0 Å². The normalized spacial score (nSPS) is 17.2. The molecule has 0 spiro atoms. The van der Waals surface area contributed by atoms with Crippen molar-refractivity contribution in [3.8, 4) is 16.9 Å². The average molecular weight is 883 g/mol. The zero-order chi connectivity index (χ0) is 45.9. The summed E-state index contributed by atoms with van der Waals surface area (Å²) in [5.74, 6) is -1.14. The highest BCUT2D eigenvalue weighted by atomic mass is 16.5. The summed E-state index contributed by atoms with van der Waals surface area (Å²) >= 11 is 0. The summed E-state index contributed by atoms with van der Waals surface area (Å²) in [6.45, 7) is 15.2. The van der Waals surface area contributed by atoms with Crippen LogP contribution in [0.15, 0.2) is 65.7 Å². The van der Waals surface area contributed by atoms with E-state index >= 15 is 0 Å². The standard InChI is InChI=1S/C50H58N8O7/c1-6-33(5)57-29-31(3)44-37(46(60)52-28-38-30(2)24-32(4)53-47(38)61)25-35(26-40(44)57)34-14-16-42(51-27-34)56-21-19-55(20-22-56)18-9-7-8-10-23-65-41-13-11-12-36-45(41)50(64)58(49(36)63)39-15-17-43(59)54-48(39)62/h11-14,16,24-27,29,33,39H,6-10,15,17-23,28H2,1-5H3,(H,52,60)(H,53,61)(H,54,59,62). The smallest absolute Gasteiger partial charge is 0.266 e. The van der Waals surface area contributed by atoms with Gasteiger partial charge in [-0.15, -0.1) is 0 Å². The number of nitrogens with zero attached hydrogens (tertiary/aromatic N) is 5. The molecule has 6 heterocycles. The molecule has 2 aromatic carbocycles. The first kappa shape index (κ1) is 45.0. The Morgan fingerprint density at radius 1 is 0.908 bits per heavy atom. The number of nitrogens with one attached hydrogen (secondary N) is 3. The number of H-pyrrole nitrogens is 1. The maximum atomic E-state index is 14.0. The summed E-state index contributed by atoms with van der Waals surface area (Å²) in [5, 5.41) is 6.17. The highest BCUT2D eigenvalue weighted by Crippen LogP contribution is 2.35. The summed E-state index contributed by atoms with van der Waals surface area (Å²) in [5.41, 5.74) is 6.77. The van der Waals surface area contributed by atoms with E-state index in [1.165, 1.54) is 0 Å². The minimum Gasteiger partial charge on any atom is -0.493 e. The van der Waals surface area contributed by atoms with Gasteiger partial charge < -0.3 is 24.5 Å². The quantitative estimate of drug-likeness (QED) is 0.0744. The van der Waals surface area contributed by atoms with Gasteiger partial charge in [0.25, 0.3) is 23.3 Å². The van der Waals surface area contributed by atoms with E-state index in [9.17, 15) is 28.8 Å². The van der Waals surface area contributed by atoms with E-state index in [0.717, 1.165) is 114 Å². The lowest BCUT2D eigenvalue weighted by Gasteiger charge is -2.35. The molecule has 2 atom stereocenters. The Bertz CT molecular complexity index is 2710. The maximum absolute atomic E-state index is 14.0. The molecule has 2 fully saturated rings. The summed E-state index contributed by atoms with van der Waals surface area (Å²) < 4.78 is 8.26. The second-order valence-corrected chi connectivity index (χ2v) is 17.6. The molecule has 15 heteroatoms. The van der Waals surface area contributed by atoms with Crippen molar-refractivity contribution in [2.75, 3.05) is 44.2 Å². The van der Waals surface area contributed by atoms with Crippen LogP contribution in [0.25, 0.3) is 22.0 Å². The lowest BCUT2D eigenvalue weighted by Crippen LogP contribution is -2.54. The lowest BCUT2D eigenvalue weighted by atomic mass is 9.98. The van der Waals surface area contributed by atoms with Crippen molar-refractivity contribution in [1.82, 2.24) is 35.0 Å². The van der Waals surface area contributed by atoms with E-state index < -0.39 is 29.7 Å². The molecule has 8 rings (SSSR count). The van der Waals surface area contributed by atoms with Gasteiger partial charge in [-0.25, -0.2) is 4.98 Å². The molecule has 0 radical (unpaired) electrons. The van der Waals surface area contributed by atoms with Gasteiger partial charge in [0.1, 0.15) is 17.6 Å². The van der Waals surface area contributed by atoms with Crippen LogP contribution in [0.1, 0.15) is 118 Å². The van der Waals surface area contributed by atoms with Crippen LogP contribution < -0.4 is 25.8 Å². The van der Waals surface area contributed by atoms with E-state index in [1.54, 1.807) is 18.2 Å². The fourth-order valence-electron chi connectivity index (χ4n) is 9.38. The van der Waals surface area contributed by atoms with Gasteiger partial charge in [0.15, 0.2) is 0 Å². The summed E-state index contributed by atoms with van der Waals surface area (Å²) in [6, 6.07) is 14.3. The number of piperidine rings is 1. The monoisotopic (exact) mass is 882 g/mol. The Hall–Kier alpha value is -6.61. The third-order valence-corrected chi connectivity index (χ3v) is 13.2. The van der Waals surface area contributed by atoms with E-state index in [1.807, 2.05) is 39.1 Å². The molecule has 0 bridgehead atoms. The number of fused-ring (bicyclic) bond motifs is 2. The van der Waals surface area contributed by atoms with Crippen molar-refractivity contribution in [1.29, 1.82) is 0 Å². The maximum Gasteiger partial charge on any atom is 0.266 e. The Labute approximate surface area is 378 Å². The Morgan fingerprint density at radius 3 is 2.42 bits per heavy atom. The SMILES string of the molecule is CCC(C)n1cc(C)c2c(C(=O)NCc3c(C)cc(C)[nH]c3=O)cc(-c3ccc(N4CCN(CCCCCCOc5cccc6c5C(=O)N(C5CCC(=O)NC5=O)C6=O)CC4)nc3)cc21. The molecule has 2 unspecified atom stereocenters. The number of aromatic nitrogens is 3. The van der Waals surface area contributed by atoms with E-state index in [-0.39, 0.29) is 48.0 Å². The zero-order valence-electron chi connectivity index (χ0n) is 37.9. The number of ether oxygens (including phenoxy) is 1. The molecule has 340 valence electrons. The van der Waals surface area contributed by atoms with Gasteiger partial charge in [-0.1, -0.05) is 25.8 Å². The Balaban J connectivity index is 0.823. The van der Waals surface area contributed by atoms with E-state index in [0.29, 0.717) is 23.5 Å². The number of hydrogen-bond acceptors (Lipinski definition) is 10. The molecular formula is C50H58N8O7. The number of amides is 5. The number of benzene rings is 2. The molecule has 5 amide bonds. The van der Waals surface area contributed by atoms with Gasteiger partial charge in [-0.2, -0.15) is 0 Å². The largest absolute Gasteiger partial charge is 0.493 e. The highest BCUT2D eigenvalue weighted by Gasteiger charge is 2.46. The number of hydrogen-bond donors (Lipinski definition) is 3. The molecule has 3 N–H and O–H groups in total. The average Bonchev–Trinajstić information content (AvgIpc) is 3.77. The molecule has 15 nitrogen and oxygen atoms in total. The molecule has 3 aliphatic rings. The van der Waals surface area contributed by atoms with E-state index in [2.05, 4.69) is 68.2 Å². The van der Waals surface area contributed by atoms with Gasteiger partial charge >= 0.3 is 0 Å². The second kappa shape index (κ2) is 19.2. The number of aromatic amines is 1. The molecule has 0 saturated carbocycles. The molecular weight excluding hydrogens is 825 g/mol. The zero-order valence-corrected chi connectivity index (χ0v) is 37.9. The third kappa shape index (κ3) is 9.33. The first-order valence-corrected chi connectivity index (χ1v) is 22.9. The van der Waals surface area contributed by atoms with Gasteiger partial charge in [0, 0.05) is 90.9 Å². The van der Waals surface area contributed by atoms with Crippen LogP contribution in [0, 0.1) is 20.8 Å². The topological polar surface area (TPSA) is 179 Å². The second-order valence-electron chi connectivity index (χ2n) is 17.6. The van der Waals surface area contributed by atoms with Crippen molar-refractivity contribution in [3.63, 3.8) is 0 Å². The number of aryl methyl sites for hydroxylation is 3. The molecule has 5 aromatic rings. The minimum absolute atomic E-state index is 0.0682. The molecule has 3 aromatic heterocycles. The fourth-order valence-corrected chi connectivity index (χ4v) is 9.38. The number of carbonyl (C=O) groups excluding carboxylic acids is 5. The predicted octanol–water partition coefficient (Wildman–Crippen LogP) is 6.38. The van der Waals surface area contributed by atoms with Crippen molar-refractivity contribution in [3.05, 3.63) is 110 Å². The number of unbranched alkanes of at least 4 members (excludes halogenated alkanes) is 3. The fraction of sp³-hybridized carbons (Fsp3) is 0.420. The first-order valence-electron chi connectivity index (χ1n) is 22.9. The van der Waals surface area contributed by atoms with Gasteiger partial charge in [-0.3, -0.25) is 43.9 Å². The number of imide groups is 2. The highest BCUT2D eigenvalue weighted by molar-refractivity contribution is 6.24. The first-order chi connectivity index (χ1) is 31.3. The molecule has 3 aliphatic heterocycles. The Morgan fingerprint density at radius 2 is 1.69 bits per heavy atom. The summed E-state index contributed by atoms with van der Waals surface area (Å²) in [6.07, 6.45) is 8.96. The van der Waals surface area contributed by atoms with Crippen molar-refractivity contribution >= 4 is 46.3 Å². The summed E-state index contributed by atoms with van der Waals surface area (Å²) in [7, 11) is 0. The third-order valence-electron chi connectivity index (χ3n) is 13.2. The van der Waals surface area contributed by atoms with Crippen LogP contribution in [0.4, 0.5) is 5.82 Å². The van der Waals surface area contributed by atoms with Crippen molar-refractivity contribution < 1.29 is 28.7 Å². The van der Waals surface area contributed by atoms with Gasteiger partial charge in [-0.05, 0) is 119 Å². The Kier molecular flexibility index (Phi) is 13.3. The number of rotatable bonds is 16. The van der Waals surface area contributed by atoms with Crippen molar-refractivity contribution in [2.45, 2.75) is 98.2 Å². The lowest BCUT2D eigenvalue weighted by molar-refractivity contribution is -0.136. The summed E-state index contributed by atoms with van der Waals surface area (Å²) in [4.78, 5) is 90.8. The van der Waals surface area contributed by atoms with Gasteiger partial charge in [0.2, 0.25) is 11.8 Å².